The van der Waals surface area contributed by atoms with E-state index >= 15 is 0 Å². The number of anilines is 1. The van der Waals surface area contributed by atoms with Crippen LogP contribution in [0.15, 0.2) is 30.5 Å². The fourth-order valence-electron chi connectivity index (χ4n) is 2.82. The maximum atomic E-state index is 12.2. The predicted octanol–water partition coefficient (Wildman–Crippen LogP) is 2.17. The van der Waals surface area contributed by atoms with Gasteiger partial charge in [-0.05, 0) is 18.6 Å². The molecule has 5 nitrogen and oxygen atoms in total. The number of benzene rings is 1. The first-order valence-corrected chi connectivity index (χ1v) is 7.28. The van der Waals surface area contributed by atoms with Crippen LogP contribution < -0.4 is 10.2 Å². The second kappa shape index (κ2) is 5.18. The lowest BCUT2D eigenvalue weighted by Crippen LogP contribution is -2.39. The van der Waals surface area contributed by atoms with Gasteiger partial charge in [-0.3, -0.25) is 9.59 Å². The molecule has 114 valence electrons. The molecule has 2 amide bonds. The molecule has 1 atom stereocenters. The van der Waals surface area contributed by atoms with Gasteiger partial charge in [0, 0.05) is 36.6 Å². The van der Waals surface area contributed by atoms with Crippen LogP contribution in [0.4, 0.5) is 5.69 Å². The number of rotatable bonds is 1. The molecule has 0 bridgehead atoms. The van der Waals surface area contributed by atoms with Crippen molar-refractivity contribution in [2.45, 2.75) is 13.0 Å². The SMILES string of the molecule is Cc1c2c(cn1C)N(C)C(=O)C(=O)NC2c1ccccc1Cl. The van der Waals surface area contributed by atoms with Crippen LogP contribution in [0.1, 0.15) is 22.9 Å². The Bertz CT molecular complexity index is 782. The second-order valence-corrected chi connectivity index (χ2v) is 5.82. The molecule has 1 aliphatic rings. The Balaban J connectivity index is 2.27. The van der Waals surface area contributed by atoms with Crippen molar-refractivity contribution in [3.05, 3.63) is 52.3 Å². The summed E-state index contributed by atoms with van der Waals surface area (Å²) in [5, 5.41) is 3.35. The number of carbonyl (C=O) groups excluding carboxylic acids is 2. The van der Waals surface area contributed by atoms with Gasteiger partial charge in [-0.1, -0.05) is 29.8 Å². The summed E-state index contributed by atoms with van der Waals surface area (Å²) in [6.07, 6.45) is 1.85. The Morgan fingerprint density at radius 3 is 2.55 bits per heavy atom. The smallest absolute Gasteiger partial charge is 0.316 e. The van der Waals surface area contributed by atoms with Gasteiger partial charge in [-0.15, -0.1) is 0 Å². The fraction of sp³-hybridized carbons (Fsp3) is 0.250. The van der Waals surface area contributed by atoms with Crippen molar-refractivity contribution in [1.82, 2.24) is 9.88 Å². The first kappa shape index (κ1) is 14.7. The number of halogens is 1. The monoisotopic (exact) mass is 317 g/mol. The molecule has 0 aliphatic carbocycles. The molecule has 1 aromatic carbocycles. The standard InChI is InChI=1S/C16H16ClN3O2/c1-9-13-12(8-19(9)2)20(3)16(22)15(21)18-14(13)10-6-4-5-7-11(10)17/h4-8,14H,1-3H3,(H,18,21). The van der Waals surface area contributed by atoms with Crippen LogP contribution >= 0.6 is 11.6 Å². The first-order chi connectivity index (χ1) is 10.4. The first-order valence-electron chi connectivity index (χ1n) is 6.90. The quantitative estimate of drug-likeness (QED) is 0.820. The zero-order valence-corrected chi connectivity index (χ0v) is 13.3. The third-order valence-corrected chi connectivity index (χ3v) is 4.50. The van der Waals surface area contributed by atoms with E-state index in [0.29, 0.717) is 10.7 Å². The third kappa shape index (κ3) is 2.09. The van der Waals surface area contributed by atoms with Crippen LogP contribution in [0.25, 0.3) is 0 Å². The van der Waals surface area contributed by atoms with E-state index in [0.717, 1.165) is 16.8 Å². The van der Waals surface area contributed by atoms with E-state index in [-0.39, 0.29) is 0 Å². The molecule has 6 heteroatoms. The van der Waals surface area contributed by atoms with Gasteiger partial charge in [0.05, 0.1) is 11.7 Å². The van der Waals surface area contributed by atoms with Crippen LogP contribution in [-0.2, 0) is 16.6 Å². The topological polar surface area (TPSA) is 54.3 Å². The Kier molecular flexibility index (Phi) is 3.45. The van der Waals surface area contributed by atoms with Gasteiger partial charge in [0.25, 0.3) is 0 Å². The number of nitrogens with zero attached hydrogens (tertiary/aromatic N) is 2. The van der Waals surface area contributed by atoms with Gasteiger partial charge in [0.15, 0.2) is 0 Å². The molecule has 0 spiro atoms. The molecule has 3 rings (SSSR count). The fourth-order valence-corrected chi connectivity index (χ4v) is 3.06. The minimum absolute atomic E-state index is 0.453. The average Bonchev–Trinajstić information content (AvgIpc) is 2.75. The number of aryl methyl sites for hydroxylation is 1. The number of likely N-dealkylation sites (N-methyl/N-ethyl adjacent to an activating group) is 1. The van der Waals surface area contributed by atoms with E-state index in [1.807, 2.05) is 42.9 Å². The summed E-state index contributed by atoms with van der Waals surface area (Å²) in [7, 11) is 3.52. The molecular weight excluding hydrogens is 302 g/mol. The minimum Gasteiger partial charge on any atom is -0.352 e. The second-order valence-electron chi connectivity index (χ2n) is 5.42. The Hall–Kier alpha value is -2.27. The molecule has 22 heavy (non-hydrogen) atoms. The molecule has 2 heterocycles. The summed E-state index contributed by atoms with van der Waals surface area (Å²) in [5.74, 6) is -1.22. The van der Waals surface area contributed by atoms with E-state index in [1.165, 1.54) is 4.90 Å². The van der Waals surface area contributed by atoms with Crippen LogP contribution in [0, 0.1) is 6.92 Å². The van der Waals surface area contributed by atoms with E-state index in [4.69, 9.17) is 11.6 Å². The number of amides is 2. The van der Waals surface area contributed by atoms with E-state index in [1.54, 1.807) is 13.1 Å². The van der Waals surface area contributed by atoms with Gasteiger partial charge < -0.3 is 14.8 Å². The van der Waals surface area contributed by atoms with Crippen molar-refractivity contribution in [3.63, 3.8) is 0 Å². The lowest BCUT2D eigenvalue weighted by Gasteiger charge is -2.19. The van der Waals surface area contributed by atoms with Crippen LogP contribution in [0.2, 0.25) is 5.02 Å². The molecule has 1 N–H and O–H groups in total. The minimum atomic E-state index is -0.634. The number of fused-ring (bicyclic) bond motifs is 1. The van der Waals surface area contributed by atoms with E-state index < -0.39 is 17.9 Å². The molecule has 1 aliphatic heterocycles. The molecular formula is C16H16ClN3O2. The van der Waals surface area contributed by atoms with E-state index in [2.05, 4.69) is 5.32 Å². The summed E-state index contributed by atoms with van der Waals surface area (Å²) in [4.78, 5) is 25.7. The zero-order chi connectivity index (χ0) is 16.0. The van der Waals surface area contributed by atoms with Gasteiger partial charge in [0.2, 0.25) is 0 Å². The van der Waals surface area contributed by atoms with Crippen molar-refractivity contribution in [1.29, 1.82) is 0 Å². The van der Waals surface area contributed by atoms with Gasteiger partial charge in [-0.25, -0.2) is 0 Å². The van der Waals surface area contributed by atoms with E-state index in [9.17, 15) is 9.59 Å². The summed E-state index contributed by atoms with van der Waals surface area (Å²) >= 11 is 6.30. The third-order valence-electron chi connectivity index (χ3n) is 4.15. The molecule has 0 radical (unpaired) electrons. The highest BCUT2D eigenvalue weighted by atomic mass is 35.5. The normalized spacial score (nSPS) is 18.0. The highest BCUT2D eigenvalue weighted by Gasteiger charge is 2.35. The molecule has 0 saturated heterocycles. The molecule has 1 unspecified atom stereocenters. The van der Waals surface area contributed by atoms with Crippen LogP contribution in [0.3, 0.4) is 0 Å². The Morgan fingerprint density at radius 2 is 1.86 bits per heavy atom. The predicted molar refractivity (Wildman–Crippen MR) is 85.0 cm³/mol. The van der Waals surface area contributed by atoms with Crippen LogP contribution in [-0.4, -0.2) is 23.4 Å². The molecule has 1 aromatic heterocycles. The largest absolute Gasteiger partial charge is 0.352 e. The molecule has 0 saturated carbocycles. The van der Waals surface area contributed by atoms with Gasteiger partial charge >= 0.3 is 11.8 Å². The zero-order valence-electron chi connectivity index (χ0n) is 12.6. The number of nitrogens with one attached hydrogen (secondary N) is 1. The highest BCUT2D eigenvalue weighted by molar-refractivity contribution is 6.41. The van der Waals surface area contributed by atoms with Crippen molar-refractivity contribution >= 4 is 29.1 Å². The lowest BCUT2D eigenvalue weighted by molar-refractivity contribution is -0.137. The number of aromatic nitrogens is 1. The summed E-state index contributed by atoms with van der Waals surface area (Å²) in [6.45, 7) is 1.96. The molecule has 2 aromatic rings. The highest BCUT2D eigenvalue weighted by Crippen LogP contribution is 2.38. The summed E-state index contributed by atoms with van der Waals surface area (Å²) < 4.78 is 1.94. The summed E-state index contributed by atoms with van der Waals surface area (Å²) in [5.41, 5.74) is 3.35. The molecule has 0 fully saturated rings. The van der Waals surface area contributed by atoms with Crippen molar-refractivity contribution < 1.29 is 9.59 Å². The van der Waals surface area contributed by atoms with Gasteiger partial charge in [-0.2, -0.15) is 0 Å². The Labute approximate surface area is 133 Å². The number of carbonyl (C=O) groups is 2. The maximum Gasteiger partial charge on any atom is 0.316 e. The van der Waals surface area contributed by atoms with Crippen LogP contribution in [0.5, 0.6) is 0 Å². The van der Waals surface area contributed by atoms with Crippen molar-refractivity contribution in [3.8, 4) is 0 Å². The average molecular weight is 318 g/mol. The lowest BCUT2D eigenvalue weighted by atomic mass is 9.98. The number of hydrogen-bond donors (Lipinski definition) is 1. The van der Waals surface area contributed by atoms with Gasteiger partial charge in [0.1, 0.15) is 0 Å². The van der Waals surface area contributed by atoms with Crippen molar-refractivity contribution in [2.75, 3.05) is 11.9 Å². The number of hydrogen-bond acceptors (Lipinski definition) is 2. The maximum absolute atomic E-state index is 12.2. The Morgan fingerprint density at radius 1 is 1.18 bits per heavy atom. The summed E-state index contributed by atoms with van der Waals surface area (Å²) in [6, 6.07) is 6.88. The van der Waals surface area contributed by atoms with Crippen molar-refractivity contribution in [2.24, 2.45) is 7.05 Å².